The van der Waals surface area contributed by atoms with Crippen molar-refractivity contribution in [2.24, 2.45) is 0 Å². The van der Waals surface area contributed by atoms with Crippen molar-refractivity contribution in [2.75, 3.05) is 13.1 Å². The van der Waals surface area contributed by atoms with Crippen LogP contribution in [-0.4, -0.2) is 13.1 Å². The topological polar surface area (TPSA) is 12.0 Å². The van der Waals surface area contributed by atoms with Crippen LogP contribution in [0, 0.1) is 0 Å². The molecule has 0 aliphatic rings. The molecule has 0 saturated heterocycles. The van der Waals surface area contributed by atoms with Gasteiger partial charge in [-0.3, -0.25) is 0 Å². The highest BCUT2D eigenvalue weighted by Crippen LogP contribution is 2.05. The minimum absolute atomic E-state index is 1.07. The third-order valence-electron chi connectivity index (χ3n) is 2.23. The zero-order chi connectivity index (χ0) is 10.2. The maximum atomic E-state index is 3.73. The lowest BCUT2D eigenvalue weighted by Gasteiger charge is -2.03. The fraction of sp³-hybridized carbons (Fsp3) is 0.385. The molecule has 1 N–H and O–H groups in total. The Balaban J connectivity index is 2.32. The van der Waals surface area contributed by atoms with Crippen LogP contribution < -0.4 is 5.32 Å². The first kappa shape index (κ1) is 11.0. The van der Waals surface area contributed by atoms with Crippen LogP contribution in [0.15, 0.2) is 30.8 Å². The lowest BCUT2D eigenvalue weighted by atomic mass is 10.1. The monoisotopic (exact) mass is 189 g/mol. The first-order valence-electron chi connectivity index (χ1n) is 5.29. The highest BCUT2D eigenvalue weighted by Gasteiger charge is 1.92. The summed E-state index contributed by atoms with van der Waals surface area (Å²) in [6, 6.07) is 8.57. The number of hydrogen-bond donors (Lipinski definition) is 1. The molecule has 1 nitrogen and oxygen atoms in total. The molecule has 0 amide bonds. The van der Waals surface area contributed by atoms with Crippen LogP contribution >= 0.6 is 0 Å². The van der Waals surface area contributed by atoms with E-state index in [1.807, 2.05) is 6.08 Å². The second kappa shape index (κ2) is 6.39. The number of rotatable bonds is 6. The number of benzene rings is 1. The van der Waals surface area contributed by atoms with Crippen LogP contribution in [-0.2, 0) is 6.42 Å². The minimum Gasteiger partial charge on any atom is -0.316 e. The molecule has 0 radical (unpaired) electrons. The maximum absolute atomic E-state index is 3.73. The summed E-state index contributed by atoms with van der Waals surface area (Å²) in [5, 5.41) is 3.39. The summed E-state index contributed by atoms with van der Waals surface area (Å²) >= 11 is 0. The van der Waals surface area contributed by atoms with Gasteiger partial charge in [0.25, 0.3) is 0 Å². The fourth-order valence-corrected chi connectivity index (χ4v) is 1.35. The first-order valence-corrected chi connectivity index (χ1v) is 5.29. The molecule has 0 aliphatic carbocycles. The largest absolute Gasteiger partial charge is 0.316 e. The van der Waals surface area contributed by atoms with Crippen molar-refractivity contribution < 1.29 is 0 Å². The highest BCUT2D eigenvalue weighted by molar-refractivity contribution is 5.47. The first-order chi connectivity index (χ1) is 6.86. The van der Waals surface area contributed by atoms with Crippen LogP contribution in [0.2, 0.25) is 0 Å². The molecular weight excluding hydrogens is 170 g/mol. The Morgan fingerprint density at radius 3 is 2.50 bits per heavy atom. The van der Waals surface area contributed by atoms with Gasteiger partial charge in [-0.15, -0.1) is 0 Å². The summed E-state index contributed by atoms with van der Waals surface area (Å²) in [4.78, 5) is 0. The quantitative estimate of drug-likeness (QED) is 0.678. The van der Waals surface area contributed by atoms with Gasteiger partial charge in [-0.25, -0.2) is 0 Å². The second-order valence-corrected chi connectivity index (χ2v) is 3.45. The van der Waals surface area contributed by atoms with Gasteiger partial charge in [-0.1, -0.05) is 43.8 Å². The Bertz CT molecular complexity index is 261. The molecule has 14 heavy (non-hydrogen) atoms. The maximum Gasteiger partial charge on any atom is -0.000835 e. The molecule has 0 unspecified atom stereocenters. The second-order valence-electron chi connectivity index (χ2n) is 3.45. The average Bonchev–Trinajstić information content (AvgIpc) is 2.25. The van der Waals surface area contributed by atoms with Gasteiger partial charge >= 0.3 is 0 Å². The predicted molar refractivity (Wildman–Crippen MR) is 63.4 cm³/mol. The molecule has 0 aliphatic heterocycles. The molecule has 0 atom stereocenters. The van der Waals surface area contributed by atoms with Crippen LogP contribution in [0.5, 0.6) is 0 Å². The van der Waals surface area contributed by atoms with E-state index < -0.39 is 0 Å². The molecule has 0 saturated carbocycles. The van der Waals surface area contributed by atoms with Gasteiger partial charge in [0, 0.05) is 0 Å². The van der Waals surface area contributed by atoms with Gasteiger partial charge in [-0.2, -0.15) is 0 Å². The fourth-order valence-electron chi connectivity index (χ4n) is 1.35. The van der Waals surface area contributed by atoms with E-state index in [0.717, 1.165) is 19.5 Å². The van der Waals surface area contributed by atoms with Crippen molar-refractivity contribution in [1.29, 1.82) is 0 Å². The molecule has 0 fully saturated rings. The predicted octanol–water partition coefficient (Wildman–Crippen LogP) is 2.87. The highest BCUT2D eigenvalue weighted by atomic mass is 14.8. The number of nitrogens with one attached hydrogen (secondary N) is 1. The Hall–Kier alpha value is -1.08. The normalized spacial score (nSPS) is 10.1. The van der Waals surface area contributed by atoms with Gasteiger partial charge in [0.1, 0.15) is 0 Å². The molecule has 1 aromatic rings. The summed E-state index contributed by atoms with van der Waals surface area (Å²) in [5.41, 5.74) is 2.58. The standard InChI is InChI=1S/C13H19N/c1-3-10-14-11-9-13-7-5-12(4-2)6-8-13/h4-8,14H,2-3,9-11H2,1H3. The van der Waals surface area contributed by atoms with Crippen molar-refractivity contribution in [2.45, 2.75) is 19.8 Å². The lowest BCUT2D eigenvalue weighted by molar-refractivity contribution is 0.671. The summed E-state index contributed by atoms with van der Waals surface area (Å²) < 4.78 is 0. The van der Waals surface area contributed by atoms with E-state index in [0.29, 0.717) is 0 Å². The van der Waals surface area contributed by atoms with Crippen molar-refractivity contribution in [1.82, 2.24) is 5.32 Å². The van der Waals surface area contributed by atoms with Crippen LogP contribution in [0.25, 0.3) is 6.08 Å². The molecule has 76 valence electrons. The van der Waals surface area contributed by atoms with Crippen LogP contribution in [0.1, 0.15) is 24.5 Å². The van der Waals surface area contributed by atoms with E-state index in [2.05, 4.69) is 43.1 Å². The van der Waals surface area contributed by atoms with Gasteiger partial charge in [-0.05, 0) is 37.1 Å². The molecular formula is C13H19N. The van der Waals surface area contributed by atoms with E-state index in [9.17, 15) is 0 Å². The van der Waals surface area contributed by atoms with Crippen molar-refractivity contribution >= 4 is 6.08 Å². The molecule has 1 rings (SSSR count). The van der Waals surface area contributed by atoms with E-state index >= 15 is 0 Å². The smallest absolute Gasteiger partial charge is 0.000835 e. The third-order valence-corrected chi connectivity index (χ3v) is 2.23. The Labute approximate surface area is 86.8 Å². The van der Waals surface area contributed by atoms with E-state index in [1.165, 1.54) is 17.5 Å². The summed E-state index contributed by atoms with van der Waals surface area (Å²) in [6.07, 6.45) is 4.19. The molecule has 1 aromatic carbocycles. The van der Waals surface area contributed by atoms with E-state index in [1.54, 1.807) is 0 Å². The Morgan fingerprint density at radius 1 is 1.21 bits per heavy atom. The zero-order valence-electron chi connectivity index (χ0n) is 8.92. The zero-order valence-corrected chi connectivity index (χ0v) is 8.92. The summed E-state index contributed by atoms with van der Waals surface area (Å²) in [6.45, 7) is 8.11. The summed E-state index contributed by atoms with van der Waals surface area (Å²) in [5.74, 6) is 0. The summed E-state index contributed by atoms with van der Waals surface area (Å²) in [7, 11) is 0. The molecule has 0 bridgehead atoms. The van der Waals surface area contributed by atoms with Crippen LogP contribution in [0.3, 0.4) is 0 Å². The molecule has 0 spiro atoms. The molecule has 0 aromatic heterocycles. The minimum atomic E-state index is 1.07. The van der Waals surface area contributed by atoms with Crippen molar-refractivity contribution in [3.05, 3.63) is 42.0 Å². The number of hydrogen-bond acceptors (Lipinski definition) is 1. The molecule has 0 heterocycles. The Morgan fingerprint density at radius 2 is 1.93 bits per heavy atom. The van der Waals surface area contributed by atoms with Crippen LogP contribution in [0.4, 0.5) is 0 Å². The van der Waals surface area contributed by atoms with Crippen molar-refractivity contribution in [3.8, 4) is 0 Å². The van der Waals surface area contributed by atoms with Gasteiger partial charge in [0.15, 0.2) is 0 Å². The van der Waals surface area contributed by atoms with E-state index in [-0.39, 0.29) is 0 Å². The SMILES string of the molecule is C=Cc1ccc(CCNCCC)cc1. The molecule has 1 heteroatoms. The Kier molecular flexibility index (Phi) is 5.02. The van der Waals surface area contributed by atoms with Gasteiger partial charge < -0.3 is 5.32 Å². The average molecular weight is 189 g/mol. The third kappa shape index (κ3) is 3.75. The van der Waals surface area contributed by atoms with Gasteiger partial charge in [0.2, 0.25) is 0 Å². The lowest BCUT2D eigenvalue weighted by Crippen LogP contribution is -2.17. The van der Waals surface area contributed by atoms with Crippen molar-refractivity contribution in [3.63, 3.8) is 0 Å². The van der Waals surface area contributed by atoms with E-state index in [4.69, 9.17) is 0 Å². The van der Waals surface area contributed by atoms with Gasteiger partial charge in [0.05, 0.1) is 0 Å².